The highest BCUT2D eigenvalue weighted by Crippen LogP contribution is 2.54. The lowest BCUT2D eigenvalue weighted by molar-refractivity contribution is 0.660. The molecule has 3 aliphatic rings. The highest BCUT2D eigenvalue weighted by atomic mass is 15.2. The summed E-state index contributed by atoms with van der Waals surface area (Å²) in [5.74, 6) is 0.619. The van der Waals surface area contributed by atoms with Crippen molar-refractivity contribution in [3.05, 3.63) is 355 Å². The molecule has 0 bridgehead atoms. The fourth-order valence-corrected chi connectivity index (χ4v) is 19.1. The highest BCUT2D eigenvalue weighted by Gasteiger charge is 2.38. The highest BCUT2D eigenvalue weighted by molar-refractivity contribution is 6.14. The van der Waals surface area contributed by atoms with E-state index in [0.717, 1.165) is 77.5 Å². The van der Waals surface area contributed by atoms with Crippen molar-refractivity contribution >= 4 is 76.3 Å². The molecule has 4 heterocycles. The quantitative estimate of drug-likeness (QED) is 0.152. The third-order valence-electron chi connectivity index (χ3n) is 24.5. The van der Waals surface area contributed by atoms with Crippen molar-refractivity contribution in [2.75, 3.05) is 0 Å². The zero-order valence-electron chi connectivity index (χ0n) is 59.8. The van der Waals surface area contributed by atoms with Gasteiger partial charge in [0.2, 0.25) is 5.95 Å². The Morgan fingerprint density at radius 3 is 0.962 bits per heavy atom. The molecule has 0 atom stereocenters. The van der Waals surface area contributed by atoms with Crippen molar-refractivity contribution in [1.82, 2.24) is 23.7 Å². The molecule has 0 saturated heterocycles. The maximum Gasteiger partial charge on any atom is 0.235 e. The number of para-hydroxylation sites is 3. The van der Waals surface area contributed by atoms with Gasteiger partial charge >= 0.3 is 0 Å². The van der Waals surface area contributed by atoms with Crippen LogP contribution in [0.4, 0.5) is 0 Å². The first-order valence-corrected chi connectivity index (χ1v) is 37.2. The smallest absolute Gasteiger partial charge is 0.235 e. The second-order valence-corrected chi connectivity index (χ2v) is 31.2. The first-order valence-electron chi connectivity index (χ1n) is 37.2. The molecule has 500 valence electrons. The summed E-state index contributed by atoms with van der Waals surface area (Å²) in [7, 11) is 0. The fraction of sp³-hybridized carbons (Fsp3) is 0.0891. The Morgan fingerprint density at radius 2 is 0.519 bits per heavy atom. The lowest BCUT2D eigenvalue weighted by atomic mass is 9.82. The number of benzene rings is 15. The van der Waals surface area contributed by atoms with Crippen LogP contribution in [0.3, 0.4) is 0 Å². The summed E-state index contributed by atoms with van der Waals surface area (Å²) in [6.45, 7) is 14.1. The molecule has 0 saturated carbocycles. The van der Waals surface area contributed by atoms with Crippen LogP contribution in [0.15, 0.2) is 322 Å². The molecule has 0 radical (unpaired) electrons. The molecule has 5 heteroatoms. The second-order valence-electron chi connectivity index (χ2n) is 31.2. The molecule has 0 fully saturated rings. The zero-order chi connectivity index (χ0) is 70.6. The van der Waals surface area contributed by atoms with Gasteiger partial charge in [-0.2, -0.15) is 0 Å². The first-order chi connectivity index (χ1) is 51.8. The average Bonchev–Trinajstić information content (AvgIpc) is 1.54. The molecule has 15 aromatic carbocycles. The van der Waals surface area contributed by atoms with E-state index in [2.05, 4.69) is 377 Å². The van der Waals surface area contributed by atoms with Gasteiger partial charge in [0.15, 0.2) is 0 Å². The van der Waals surface area contributed by atoms with E-state index in [-0.39, 0.29) is 16.2 Å². The third-order valence-corrected chi connectivity index (χ3v) is 24.5. The monoisotopic (exact) mass is 1350 g/mol. The second kappa shape index (κ2) is 22.0. The maximum atomic E-state index is 5.79. The zero-order valence-corrected chi connectivity index (χ0v) is 59.8. The minimum Gasteiger partial charge on any atom is -0.309 e. The summed E-state index contributed by atoms with van der Waals surface area (Å²) in [5.41, 5.74) is 37.2. The van der Waals surface area contributed by atoms with Crippen LogP contribution in [-0.2, 0) is 16.2 Å². The maximum absolute atomic E-state index is 5.79. The van der Waals surface area contributed by atoms with E-state index in [9.17, 15) is 0 Å². The molecule has 5 nitrogen and oxygen atoms in total. The van der Waals surface area contributed by atoms with Gasteiger partial charge in [-0.1, -0.05) is 260 Å². The molecule has 22 rings (SSSR count). The van der Waals surface area contributed by atoms with E-state index in [1.165, 1.54) is 133 Å². The van der Waals surface area contributed by atoms with Gasteiger partial charge in [-0.15, -0.1) is 0 Å². The molecular weight excluding hydrogens is 1280 g/mol. The van der Waals surface area contributed by atoms with Crippen LogP contribution in [-0.4, -0.2) is 23.7 Å². The molecule has 19 aromatic rings. The van der Waals surface area contributed by atoms with Crippen molar-refractivity contribution in [2.45, 2.75) is 57.8 Å². The van der Waals surface area contributed by atoms with Crippen LogP contribution < -0.4 is 0 Å². The van der Waals surface area contributed by atoms with Gasteiger partial charge in [-0.3, -0.25) is 4.57 Å². The summed E-state index contributed by atoms with van der Waals surface area (Å²) >= 11 is 0. The van der Waals surface area contributed by atoms with Gasteiger partial charge in [-0.25, -0.2) is 9.97 Å². The van der Waals surface area contributed by atoms with Gasteiger partial charge in [0.25, 0.3) is 0 Å². The molecule has 0 aliphatic heterocycles. The van der Waals surface area contributed by atoms with Gasteiger partial charge in [0.1, 0.15) is 0 Å². The minimum absolute atomic E-state index is 0.0359. The van der Waals surface area contributed by atoms with E-state index in [1.54, 1.807) is 0 Å². The Kier molecular flexibility index (Phi) is 12.6. The Labute approximate surface area is 615 Å². The van der Waals surface area contributed by atoms with E-state index in [4.69, 9.17) is 9.97 Å². The van der Waals surface area contributed by atoms with Gasteiger partial charge in [0, 0.05) is 70.9 Å². The van der Waals surface area contributed by atoms with Crippen LogP contribution >= 0.6 is 0 Å². The summed E-state index contributed by atoms with van der Waals surface area (Å²) in [6.07, 6.45) is 0. The fourth-order valence-electron chi connectivity index (χ4n) is 19.1. The molecule has 0 N–H and O–H groups in total. The number of hydrogen-bond donors (Lipinski definition) is 0. The molecule has 4 aromatic heterocycles. The van der Waals surface area contributed by atoms with E-state index in [1.807, 2.05) is 0 Å². The Hall–Kier alpha value is -13.0. The van der Waals surface area contributed by atoms with Crippen molar-refractivity contribution < 1.29 is 0 Å². The summed E-state index contributed by atoms with van der Waals surface area (Å²) in [5, 5.41) is 8.15. The van der Waals surface area contributed by atoms with Crippen LogP contribution in [0, 0.1) is 0 Å². The van der Waals surface area contributed by atoms with E-state index >= 15 is 0 Å². The van der Waals surface area contributed by atoms with E-state index in [0.29, 0.717) is 5.95 Å². The largest absolute Gasteiger partial charge is 0.309 e. The van der Waals surface area contributed by atoms with Crippen LogP contribution in [0.25, 0.3) is 183 Å². The molecule has 106 heavy (non-hydrogen) atoms. The average molecular weight is 1350 g/mol. The Bertz CT molecular complexity index is 7030. The third kappa shape index (κ3) is 8.65. The number of rotatable bonds is 8. The summed E-state index contributed by atoms with van der Waals surface area (Å²) in [6, 6.07) is 120. The summed E-state index contributed by atoms with van der Waals surface area (Å²) < 4.78 is 7.12. The number of aromatic nitrogens is 5. The van der Waals surface area contributed by atoms with Crippen LogP contribution in [0.2, 0.25) is 0 Å². The topological polar surface area (TPSA) is 40.6 Å². The van der Waals surface area contributed by atoms with E-state index < -0.39 is 0 Å². The van der Waals surface area contributed by atoms with Gasteiger partial charge in [-0.05, 0) is 214 Å². The Morgan fingerprint density at radius 1 is 0.208 bits per heavy atom. The molecule has 0 spiro atoms. The number of hydrogen-bond acceptors (Lipinski definition) is 2. The predicted molar refractivity (Wildman–Crippen MR) is 442 cm³/mol. The predicted octanol–water partition coefficient (Wildman–Crippen LogP) is 26.2. The molecule has 3 aliphatic carbocycles. The van der Waals surface area contributed by atoms with Crippen molar-refractivity contribution in [1.29, 1.82) is 0 Å². The summed E-state index contributed by atoms with van der Waals surface area (Å²) in [4.78, 5) is 11.4. The van der Waals surface area contributed by atoms with Crippen LogP contribution in [0.5, 0.6) is 0 Å². The lowest BCUT2D eigenvalue weighted by Crippen LogP contribution is -2.14. The molecule has 0 amide bonds. The first kappa shape index (κ1) is 60.6. The SMILES string of the molecule is CC1(C)c2ccccc2-c2cc(-c3ccc4c(c3)c3ccccc3n4-c3ccc(-c4ccc(-c5nc(-n6c7ccccc7c7cc(-c8ccc9c(c8)-c8ccccc8C9(C)C)ccc76)nc6ccc(-n7c8ccccc8c8cc(-c9ccc%10c(c9)-c9ccccc9C%10(C)C)ccc87)cc56)cc4)cc3)ccc21. The lowest BCUT2D eigenvalue weighted by Gasteiger charge is -2.21. The van der Waals surface area contributed by atoms with Crippen molar-refractivity contribution in [3.8, 4) is 106 Å². The van der Waals surface area contributed by atoms with Crippen molar-refractivity contribution in [2.24, 2.45) is 0 Å². The van der Waals surface area contributed by atoms with Crippen LogP contribution in [0.1, 0.15) is 74.9 Å². The van der Waals surface area contributed by atoms with Crippen molar-refractivity contribution in [3.63, 3.8) is 0 Å². The number of fused-ring (bicyclic) bond motifs is 19. The van der Waals surface area contributed by atoms with Gasteiger partial charge in [0.05, 0.1) is 44.3 Å². The Balaban J connectivity index is 0.658. The molecule has 0 unspecified atom stereocenters. The minimum atomic E-state index is -0.0664. The normalized spacial score (nSPS) is 14.2. The standard InChI is InChI=1S/C101H71N5/c1-99(2)84-25-13-7-19-71(84)77-53-63(37-46-87(77)99)66-40-50-94-80(56-66)74-22-10-16-28-91(74)104(94)69-43-35-61(36-44-69)60-31-33-62(34-32-60)97-83-59-70(105-92-29-17-11-23-75(92)81-57-67(41-51-95(81)105)64-38-47-88-78(54-64)72-20-8-14-26-85(72)100(88,3)4)45-49-90(83)102-98(103-97)106-93-30-18-12-24-76(93)82-58-68(42-52-96(82)106)65-39-48-89-79(55-65)73-21-9-15-27-86(73)101(89,5)6/h7-59H,1-6H3. The number of nitrogens with zero attached hydrogens (tertiary/aromatic N) is 5. The molecular formula is C101H71N5. The van der Waals surface area contributed by atoms with Gasteiger partial charge < -0.3 is 9.13 Å².